The first kappa shape index (κ1) is 18.5. The predicted octanol–water partition coefficient (Wildman–Crippen LogP) is 5.90. The molecule has 0 saturated carbocycles. The average Bonchev–Trinajstić information content (AvgIpc) is 3.36. The fourth-order valence-electron chi connectivity index (χ4n) is 3.57. The number of para-hydroxylation sites is 1. The molecule has 1 amide bonds. The molecule has 5 rings (SSSR count). The zero-order chi connectivity index (χ0) is 20.7. The minimum absolute atomic E-state index is 0.231. The number of nitrogens with zero attached hydrogens (tertiary/aromatic N) is 3. The van der Waals surface area contributed by atoms with Crippen molar-refractivity contribution in [1.29, 1.82) is 0 Å². The molecule has 0 atom stereocenters. The van der Waals surface area contributed by atoms with E-state index in [1.807, 2.05) is 49.4 Å². The lowest BCUT2D eigenvalue weighted by Crippen LogP contribution is -2.30. The standard InChI is InChI=1S/C24H19N3O2S/c1-15-11-16(2)22-21(12-15)30-24(26-22)27(14-18-8-5-6-10-25-18)23(28)20-13-17-7-3-4-9-19(17)29-20/h3-13H,14H2,1-2H3. The molecular weight excluding hydrogens is 394 g/mol. The average molecular weight is 414 g/mol. The van der Waals surface area contributed by atoms with Crippen molar-refractivity contribution in [3.63, 3.8) is 0 Å². The van der Waals surface area contributed by atoms with E-state index in [1.165, 1.54) is 16.9 Å². The quantitative estimate of drug-likeness (QED) is 0.368. The van der Waals surface area contributed by atoms with Crippen molar-refractivity contribution >= 4 is 43.6 Å². The molecule has 2 aromatic carbocycles. The van der Waals surface area contributed by atoms with E-state index in [4.69, 9.17) is 9.40 Å². The Morgan fingerprint density at radius 3 is 2.70 bits per heavy atom. The highest BCUT2D eigenvalue weighted by Gasteiger charge is 2.25. The maximum Gasteiger partial charge on any atom is 0.296 e. The Morgan fingerprint density at radius 1 is 1.07 bits per heavy atom. The molecule has 30 heavy (non-hydrogen) atoms. The van der Waals surface area contributed by atoms with Crippen molar-refractivity contribution in [3.8, 4) is 0 Å². The lowest BCUT2D eigenvalue weighted by molar-refractivity contribution is 0.0960. The van der Waals surface area contributed by atoms with Crippen LogP contribution in [-0.2, 0) is 6.54 Å². The number of furan rings is 1. The Hall–Kier alpha value is -3.51. The Bertz CT molecular complexity index is 1340. The van der Waals surface area contributed by atoms with Gasteiger partial charge in [0.25, 0.3) is 5.91 Å². The van der Waals surface area contributed by atoms with Crippen LogP contribution in [0, 0.1) is 13.8 Å². The van der Waals surface area contributed by atoms with Gasteiger partial charge in [0.05, 0.1) is 22.5 Å². The van der Waals surface area contributed by atoms with Crippen LogP contribution in [0.3, 0.4) is 0 Å². The highest BCUT2D eigenvalue weighted by molar-refractivity contribution is 7.22. The topological polar surface area (TPSA) is 59.2 Å². The second-order valence-electron chi connectivity index (χ2n) is 7.29. The van der Waals surface area contributed by atoms with Gasteiger partial charge in [-0.2, -0.15) is 0 Å². The largest absolute Gasteiger partial charge is 0.451 e. The van der Waals surface area contributed by atoms with Crippen molar-refractivity contribution in [2.24, 2.45) is 0 Å². The highest BCUT2D eigenvalue weighted by atomic mass is 32.1. The number of hydrogen-bond donors (Lipinski definition) is 0. The normalized spacial score (nSPS) is 11.3. The van der Waals surface area contributed by atoms with Crippen molar-refractivity contribution in [1.82, 2.24) is 9.97 Å². The van der Waals surface area contributed by atoms with Gasteiger partial charge in [0, 0.05) is 11.6 Å². The van der Waals surface area contributed by atoms with Gasteiger partial charge in [-0.15, -0.1) is 0 Å². The Labute approximate surface area is 177 Å². The SMILES string of the molecule is Cc1cc(C)c2nc(N(Cc3ccccn3)C(=O)c3cc4ccccc4o3)sc2c1. The fourth-order valence-corrected chi connectivity index (χ4v) is 4.71. The number of fused-ring (bicyclic) bond motifs is 2. The van der Waals surface area contributed by atoms with Crippen LogP contribution >= 0.6 is 11.3 Å². The number of thiazole rings is 1. The van der Waals surface area contributed by atoms with Crippen molar-refractivity contribution in [3.05, 3.63) is 89.4 Å². The molecule has 0 aliphatic carbocycles. The maximum atomic E-state index is 13.5. The molecule has 0 aliphatic rings. The third-order valence-electron chi connectivity index (χ3n) is 4.98. The van der Waals surface area contributed by atoms with Crippen LogP contribution in [0.4, 0.5) is 5.13 Å². The number of benzene rings is 2. The summed E-state index contributed by atoms with van der Waals surface area (Å²) in [6.45, 7) is 4.43. The van der Waals surface area contributed by atoms with Gasteiger partial charge in [0.1, 0.15) is 5.58 Å². The number of carbonyl (C=O) groups is 1. The van der Waals surface area contributed by atoms with E-state index < -0.39 is 0 Å². The molecule has 0 fully saturated rings. The van der Waals surface area contributed by atoms with E-state index in [-0.39, 0.29) is 5.91 Å². The number of aryl methyl sites for hydroxylation is 2. The molecular formula is C24H19N3O2S. The van der Waals surface area contributed by atoms with Crippen LogP contribution in [-0.4, -0.2) is 15.9 Å². The molecule has 3 aromatic heterocycles. The van der Waals surface area contributed by atoms with Gasteiger partial charge < -0.3 is 4.42 Å². The first-order chi connectivity index (χ1) is 14.6. The van der Waals surface area contributed by atoms with Gasteiger partial charge in [-0.3, -0.25) is 14.7 Å². The molecule has 6 heteroatoms. The molecule has 0 unspecified atom stereocenters. The minimum atomic E-state index is -0.231. The summed E-state index contributed by atoms with van der Waals surface area (Å²) in [4.78, 5) is 24.4. The molecule has 148 valence electrons. The van der Waals surface area contributed by atoms with Crippen molar-refractivity contribution in [2.75, 3.05) is 4.90 Å². The number of rotatable bonds is 4. The number of hydrogen-bond acceptors (Lipinski definition) is 5. The zero-order valence-electron chi connectivity index (χ0n) is 16.6. The second-order valence-corrected chi connectivity index (χ2v) is 8.29. The lowest BCUT2D eigenvalue weighted by atomic mass is 10.1. The number of amides is 1. The fraction of sp³-hybridized carbons (Fsp3) is 0.125. The van der Waals surface area contributed by atoms with Crippen molar-refractivity contribution in [2.45, 2.75) is 20.4 Å². The van der Waals surface area contributed by atoms with Crippen LogP contribution in [0.15, 0.2) is 71.3 Å². The molecule has 3 heterocycles. The smallest absolute Gasteiger partial charge is 0.296 e. The first-order valence-electron chi connectivity index (χ1n) is 9.66. The van der Waals surface area contributed by atoms with E-state index in [2.05, 4.69) is 24.0 Å². The Balaban J connectivity index is 1.61. The molecule has 5 aromatic rings. The Morgan fingerprint density at radius 2 is 1.90 bits per heavy atom. The summed E-state index contributed by atoms with van der Waals surface area (Å²) in [5.74, 6) is 0.0598. The van der Waals surface area contributed by atoms with Crippen LogP contribution < -0.4 is 4.90 Å². The molecule has 0 bridgehead atoms. The van der Waals surface area contributed by atoms with E-state index in [1.54, 1.807) is 17.2 Å². The second kappa shape index (κ2) is 7.39. The third-order valence-corrected chi connectivity index (χ3v) is 6.00. The van der Waals surface area contributed by atoms with E-state index in [0.717, 1.165) is 26.9 Å². The van der Waals surface area contributed by atoms with Gasteiger partial charge in [0.15, 0.2) is 10.9 Å². The number of carbonyl (C=O) groups excluding carboxylic acids is 1. The number of aromatic nitrogens is 2. The van der Waals surface area contributed by atoms with Crippen molar-refractivity contribution < 1.29 is 9.21 Å². The number of pyridine rings is 1. The minimum Gasteiger partial charge on any atom is -0.451 e. The highest BCUT2D eigenvalue weighted by Crippen LogP contribution is 2.33. The molecule has 0 radical (unpaired) electrons. The third kappa shape index (κ3) is 3.35. The van der Waals surface area contributed by atoms with Crippen LogP contribution in [0.1, 0.15) is 27.4 Å². The maximum absolute atomic E-state index is 13.5. The molecule has 0 saturated heterocycles. The summed E-state index contributed by atoms with van der Waals surface area (Å²) < 4.78 is 6.91. The monoisotopic (exact) mass is 413 g/mol. The summed E-state index contributed by atoms with van der Waals surface area (Å²) in [6, 6.07) is 19.3. The summed E-state index contributed by atoms with van der Waals surface area (Å²) in [6.07, 6.45) is 1.73. The molecule has 0 aliphatic heterocycles. The number of anilines is 1. The van der Waals surface area contributed by atoms with Gasteiger partial charge >= 0.3 is 0 Å². The summed E-state index contributed by atoms with van der Waals surface area (Å²) >= 11 is 1.51. The van der Waals surface area contributed by atoms with E-state index >= 15 is 0 Å². The van der Waals surface area contributed by atoms with Crippen LogP contribution in [0.25, 0.3) is 21.2 Å². The van der Waals surface area contributed by atoms with Crippen LogP contribution in [0.5, 0.6) is 0 Å². The van der Waals surface area contributed by atoms with E-state index in [9.17, 15) is 4.79 Å². The van der Waals surface area contributed by atoms with E-state index in [0.29, 0.717) is 23.0 Å². The van der Waals surface area contributed by atoms with Gasteiger partial charge in [-0.05, 0) is 55.3 Å². The molecule has 0 N–H and O–H groups in total. The summed E-state index contributed by atoms with van der Waals surface area (Å²) in [5.41, 5.74) is 4.67. The molecule has 5 nitrogen and oxygen atoms in total. The van der Waals surface area contributed by atoms with Gasteiger partial charge in [-0.1, -0.05) is 41.7 Å². The first-order valence-corrected chi connectivity index (χ1v) is 10.5. The predicted molar refractivity (Wildman–Crippen MR) is 120 cm³/mol. The lowest BCUT2D eigenvalue weighted by Gasteiger charge is -2.18. The molecule has 0 spiro atoms. The van der Waals surface area contributed by atoms with Gasteiger partial charge in [0.2, 0.25) is 0 Å². The Kier molecular flexibility index (Phi) is 4.56. The van der Waals surface area contributed by atoms with Gasteiger partial charge in [-0.25, -0.2) is 4.98 Å². The summed E-state index contributed by atoms with van der Waals surface area (Å²) in [5, 5.41) is 1.53. The zero-order valence-corrected chi connectivity index (χ0v) is 17.4. The van der Waals surface area contributed by atoms with Crippen LogP contribution in [0.2, 0.25) is 0 Å². The summed E-state index contributed by atoms with van der Waals surface area (Å²) in [7, 11) is 0.